The Labute approximate surface area is 166 Å². The monoisotopic (exact) mass is 402 g/mol. The highest BCUT2D eigenvalue weighted by molar-refractivity contribution is 5.79. The topological polar surface area (TPSA) is 67.1 Å². The smallest absolute Gasteiger partial charge is 0.356 e. The molecule has 0 saturated carbocycles. The normalized spacial score (nSPS) is 12.1. The highest BCUT2D eigenvalue weighted by Gasteiger charge is 2.29. The molecule has 0 atom stereocenters. The summed E-state index contributed by atoms with van der Waals surface area (Å²) < 4.78 is 39.6. The minimum absolute atomic E-state index is 0.543. The van der Waals surface area contributed by atoms with Crippen LogP contribution in [0.15, 0.2) is 66.3 Å². The molecule has 2 aromatic heterocycles. The van der Waals surface area contributed by atoms with E-state index in [0.29, 0.717) is 25.5 Å². The average molecular weight is 402 g/mol. The third kappa shape index (κ3) is 5.81. The van der Waals surface area contributed by atoms with Gasteiger partial charge in [0.25, 0.3) is 0 Å². The average Bonchev–Trinajstić information content (AvgIpc) is 3.25. The lowest BCUT2D eigenvalue weighted by atomic mass is 10.1. The molecule has 0 unspecified atom stereocenters. The number of rotatable bonds is 6. The number of hydrogen-bond acceptors (Lipinski definition) is 3. The molecule has 2 heterocycles. The zero-order valence-electron chi connectivity index (χ0n) is 15.8. The molecular formula is C20H21F3N6. The summed E-state index contributed by atoms with van der Waals surface area (Å²) in [4.78, 5) is 12.5. The summed E-state index contributed by atoms with van der Waals surface area (Å²) in [5.41, 5.74) is 1.20. The van der Waals surface area contributed by atoms with Crippen molar-refractivity contribution in [2.45, 2.75) is 19.1 Å². The van der Waals surface area contributed by atoms with E-state index in [1.165, 1.54) is 12.1 Å². The van der Waals surface area contributed by atoms with Gasteiger partial charge in [-0.1, -0.05) is 12.1 Å². The summed E-state index contributed by atoms with van der Waals surface area (Å²) in [7, 11) is 1.66. The van der Waals surface area contributed by atoms with Crippen molar-refractivity contribution in [1.82, 2.24) is 25.2 Å². The van der Waals surface area contributed by atoms with Crippen LogP contribution < -0.4 is 10.6 Å². The fourth-order valence-electron chi connectivity index (χ4n) is 2.70. The van der Waals surface area contributed by atoms with Crippen molar-refractivity contribution in [2.75, 3.05) is 13.6 Å². The van der Waals surface area contributed by atoms with Gasteiger partial charge in [-0.2, -0.15) is 13.2 Å². The van der Waals surface area contributed by atoms with Gasteiger partial charge in [-0.25, -0.2) is 9.97 Å². The summed E-state index contributed by atoms with van der Waals surface area (Å²) in [6.07, 6.45) is 3.19. The molecule has 0 fully saturated rings. The Hall–Kier alpha value is -3.36. The van der Waals surface area contributed by atoms with Crippen LogP contribution in [0.3, 0.4) is 0 Å². The largest absolute Gasteiger partial charge is 0.416 e. The van der Waals surface area contributed by atoms with Gasteiger partial charge in [0.1, 0.15) is 12.1 Å². The third-order valence-electron chi connectivity index (χ3n) is 4.25. The molecule has 0 aliphatic carbocycles. The number of hydrogen-bond donors (Lipinski definition) is 2. The van der Waals surface area contributed by atoms with Crippen LogP contribution in [-0.4, -0.2) is 34.1 Å². The Bertz CT molecular complexity index is 934. The zero-order chi connectivity index (χ0) is 20.7. The molecule has 0 spiro atoms. The molecule has 3 rings (SSSR count). The third-order valence-corrected chi connectivity index (χ3v) is 4.25. The summed E-state index contributed by atoms with van der Waals surface area (Å²) in [6, 6.07) is 9.05. The number of halogens is 3. The van der Waals surface area contributed by atoms with E-state index in [-0.39, 0.29) is 0 Å². The molecule has 6 nitrogen and oxygen atoms in total. The quantitative estimate of drug-likeness (QED) is 0.491. The zero-order valence-corrected chi connectivity index (χ0v) is 15.8. The molecule has 152 valence electrons. The molecule has 9 heteroatoms. The van der Waals surface area contributed by atoms with E-state index >= 15 is 0 Å². The van der Waals surface area contributed by atoms with Crippen molar-refractivity contribution >= 4 is 5.96 Å². The highest BCUT2D eigenvalue weighted by atomic mass is 19.4. The van der Waals surface area contributed by atoms with Crippen LogP contribution in [0.5, 0.6) is 0 Å². The first-order valence-electron chi connectivity index (χ1n) is 8.99. The number of nitrogens with zero attached hydrogens (tertiary/aromatic N) is 4. The lowest BCUT2D eigenvalue weighted by Gasteiger charge is -2.13. The van der Waals surface area contributed by atoms with Crippen LogP contribution in [0.2, 0.25) is 0 Å². The van der Waals surface area contributed by atoms with Crippen LogP contribution in [0.25, 0.3) is 5.82 Å². The van der Waals surface area contributed by atoms with Crippen LogP contribution >= 0.6 is 0 Å². The predicted molar refractivity (Wildman–Crippen MR) is 105 cm³/mol. The Morgan fingerprint density at radius 3 is 2.52 bits per heavy atom. The van der Waals surface area contributed by atoms with Gasteiger partial charge in [-0.05, 0) is 41.8 Å². The second kappa shape index (κ2) is 9.22. The first kappa shape index (κ1) is 20.4. The molecule has 0 aliphatic heterocycles. The van der Waals surface area contributed by atoms with Crippen LogP contribution in [0, 0.1) is 0 Å². The number of nitrogens with one attached hydrogen (secondary N) is 2. The summed E-state index contributed by atoms with van der Waals surface area (Å²) in [6.45, 7) is 1.09. The highest BCUT2D eigenvalue weighted by Crippen LogP contribution is 2.29. The lowest BCUT2D eigenvalue weighted by Crippen LogP contribution is -2.37. The molecule has 0 radical (unpaired) electrons. The SMILES string of the molecule is CN=C(NCCc1ccc(C(F)(F)F)cc1)NCc1ccnc(-n2ccnc2)c1. The van der Waals surface area contributed by atoms with Gasteiger partial charge in [-0.3, -0.25) is 9.56 Å². The minimum atomic E-state index is -4.31. The fraction of sp³-hybridized carbons (Fsp3) is 0.250. The summed E-state index contributed by atoms with van der Waals surface area (Å²) in [5.74, 6) is 1.38. The summed E-state index contributed by atoms with van der Waals surface area (Å²) >= 11 is 0. The van der Waals surface area contributed by atoms with Gasteiger partial charge in [-0.15, -0.1) is 0 Å². The second-order valence-electron chi connectivity index (χ2n) is 6.29. The number of pyridine rings is 1. The van der Waals surface area contributed by atoms with Gasteiger partial charge < -0.3 is 10.6 Å². The molecule has 3 aromatic rings. The maximum atomic E-state index is 12.6. The van der Waals surface area contributed by atoms with Crippen molar-refractivity contribution in [3.8, 4) is 5.82 Å². The fourth-order valence-corrected chi connectivity index (χ4v) is 2.70. The van der Waals surface area contributed by atoms with Crippen molar-refractivity contribution in [1.29, 1.82) is 0 Å². The van der Waals surface area contributed by atoms with Crippen LogP contribution in [0.4, 0.5) is 13.2 Å². The Morgan fingerprint density at radius 2 is 1.86 bits per heavy atom. The van der Waals surface area contributed by atoms with Crippen molar-refractivity contribution in [3.05, 3.63) is 78.0 Å². The molecule has 0 amide bonds. The second-order valence-corrected chi connectivity index (χ2v) is 6.29. The first-order chi connectivity index (χ1) is 14.0. The lowest BCUT2D eigenvalue weighted by molar-refractivity contribution is -0.137. The van der Waals surface area contributed by atoms with Crippen molar-refractivity contribution in [3.63, 3.8) is 0 Å². The molecule has 0 bridgehead atoms. The molecule has 1 aromatic carbocycles. The van der Waals surface area contributed by atoms with Crippen LogP contribution in [0.1, 0.15) is 16.7 Å². The maximum Gasteiger partial charge on any atom is 0.416 e. The standard InChI is InChI=1S/C20H21F3N6/c1-24-19(27-9-6-15-2-4-17(5-3-15)20(21,22)23)28-13-16-7-8-26-18(12-16)29-11-10-25-14-29/h2-5,7-8,10-12,14H,6,9,13H2,1H3,(H2,24,27,28). The minimum Gasteiger partial charge on any atom is -0.356 e. The number of alkyl halides is 3. The molecule has 2 N–H and O–H groups in total. The van der Waals surface area contributed by atoms with E-state index in [1.807, 2.05) is 22.9 Å². The van der Waals surface area contributed by atoms with E-state index in [4.69, 9.17) is 0 Å². The van der Waals surface area contributed by atoms with Crippen molar-refractivity contribution in [2.24, 2.45) is 4.99 Å². The molecule has 0 aliphatic rings. The van der Waals surface area contributed by atoms with E-state index < -0.39 is 11.7 Å². The Kier molecular flexibility index (Phi) is 6.48. The van der Waals surface area contributed by atoms with Gasteiger partial charge in [0.05, 0.1) is 5.56 Å². The van der Waals surface area contributed by atoms with E-state index in [1.54, 1.807) is 25.8 Å². The molecule has 0 saturated heterocycles. The number of imidazole rings is 1. The number of benzene rings is 1. The van der Waals surface area contributed by atoms with E-state index in [2.05, 4.69) is 25.6 Å². The molecular weight excluding hydrogens is 381 g/mol. The van der Waals surface area contributed by atoms with Gasteiger partial charge in [0, 0.05) is 38.7 Å². The number of aliphatic imine (C=N–C) groups is 1. The maximum absolute atomic E-state index is 12.6. The molecule has 29 heavy (non-hydrogen) atoms. The van der Waals surface area contributed by atoms with Gasteiger partial charge in [0.15, 0.2) is 5.96 Å². The Balaban J connectivity index is 1.48. The first-order valence-corrected chi connectivity index (χ1v) is 8.99. The van der Waals surface area contributed by atoms with Crippen molar-refractivity contribution < 1.29 is 13.2 Å². The number of aromatic nitrogens is 3. The number of guanidine groups is 1. The van der Waals surface area contributed by atoms with Gasteiger partial charge in [0.2, 0.25) is 0 Å². The van der Waals surface area contributed by atoms with Crippen LogP contribution in [-0.2, 0) is 19.1 Å². The Morgan fingerprint density at radius 1 is 1.07 bits per heavy atom. The van der Waals surface area contributed by atoms with E-state index in [0.717, 1.165) is 29.1 Å². The predicted octanol–water partition coefficient (Wildman–Crippen LogP) is 3.19. The van der Waals surface area contributed by atoms with E-state index in [9.17, 15) is 13.2 Å². The summed E-state index contributed by atoms with van der Waals surface area (Å²) in [5, 5.41) is 6.37. The van der Waals surface area contributed by atoms with Gasteiger partial charge >= 0.3 is 6.18 Å².